The van der Waals surface area contributed by atoms with Crippen molar-refractivity contribution < 1.29 is 9.53 Å². The van der Waals surface area contributed by atoms with Crippen LogP contribution in [0.25, 0.3) is 5.65 Å². The number of rotatable bonds is 4. The third-order valence-electron chi connectivity index (χ3n) is 3.74. The van der Waals surface area contributed by atoms with Gasteiger partial charge in [0.25, 0.3) is 0 Å². The molecule has 1 saturated carbocycles. The SMILES string of the molecule is COC(=O)c1cc(CNC2(C)CC2)cn2c(Cl)cnc12. The fourth-order valence-electron chi connectivity index (χ4n) is 2.15. The molecule has 0 aromatic carbocycles. The van der Waals surface area contributed by atoms with Gasteiger partial charge in [-0.2, -0.15) is 0 Å². The van der Waals surface area contributed by atoms with E-state index in [0.29, 0.717) is 22.9 Å². The minimum atomic E-state index is -0.406. The van der Waals surface area contributed by atoms with Crippen molar-refractivity contribution in [3.63, 3.8) is 0 Å². The van der Waals surface area contributed by atoms with Crippen molar-refractivity contribution in [3.8, 4) is 0 Å². The van der Waals surface area contributed by atoms with Gasteiger partial charge in [-0.25, -0.2) is 9.78 Å². The summed E-state index contributed by atoms with van der Waals surface area (Å²) in [6.45, 7) is 2.88. The number of carbonyl (C=O) groups excluding carboxylic acids is 1. The van der Waals surface area contributed by atoms with Crippen molar-refractivity contribution >= 4 is 23.2 Å². The minimum Gasteiger partial charge on any atom is -0.465 e. The van der Waals surface area contributed by atoms with Gasteiger partial charge in [0.1, 0.15) is 10.7 Å². The summed E-state index contributed by atoms with van der Waals surface area (Å²) in [5, 5.41) is 3.96. The first-order chi connectivity index (χ1) is 9.52. The Bertz CT molecular complexity index is 676. The van der Waals surface area contributed by atoms with Crippen molar-refractivity contribution in [2.45, 2.75) is 31.8 Å². The average Bonchev–Trinajstić information content (AvgIpc) is 3.08. The lowest BCUT2D eigenvalue weighted by Crippen LogP contribution is -2.27. The van der Waals surface area contributed by atoms with Crippen LogP contribution in [0.5, 0.6) is 0 Å². The molecule has 1 aliphatic carbocycles. The summed E-state index contributed by atoms with van der Waals surface area (Å²) in [6, 6.07) is 1.81. The lowest BCUT2D eigenvalue weighted by Gasteiger charge is -2.12. The maximum Gasteiger partial charge on any atom is 0.341 e. The molecule has 2 heterocycles. The second-order valence-electron chi connectivity index (χ2n) is 5.44. The fourth-order valence-corrected chi connectivity index (χ4v) is 2.33. The number of imidazole rings is 1. The molecule has 0 aliphatic heterocycles. The van der Waals surface area contributed by atoms with Crippen LogP contribution >= 0.6 is 11.6 Å². The first-order valence-electron chi connectivity index (χ1n) is 6.51. The molecule has 0 unspecified atom stereocenters. The Morgan fingerprint density at radius 1 is 1.60 bits per heavy atom. The fraction of sp³-hybridized carbons (Fsp3) is 0.429. The van der Waals surface area contributed by atoms with E-state index in [2.05, 4.69) is 17.2 Å². The van der Waals surface area contributed by atoms with E-state index < -0.39 is 5.97 Å². The maximum absolute atomic E-state index is 11.9. The molecule has 1 aliphatic rings. The van der Waals surface area contributed by atoms with E-state index in [-0.39, 0.29) is 5.54 Å². The van der Waals surface area contributed by atoms with E-state index in [1.165, 1.54) is 26.1 Å². The van der Waals surface area contributed by atoms with E-state index in [1.54, 1.807) is 4.40 Å². The van der Waals surface area contributed by atoms with Crippen molar-refractivity contribution in [1.82, 2.24) is 14.7 Å². The topological polar surface area (TPSA) is 55.6 Å². The molecule has 0 spiro atoms. The summed E-state index contributed by atoms with van der Waals surface area (Å²) >= 11 is 6.09. The molecular weight excluding hydrogens is 278 g/mol. The number of pyridine rings is 1. The quantitative estimate of drug-likeness (QED) is 0.880. The van der Waals surface area contributed by atoms with Crippen molar-refractivity contribution in [2.24, 2.45) is 0 Å². The van der Waals surface area contributed by atoms with Gasteiger partial charge >= 0.3 is 5.97 Å². The third kappa shape index (κ3) is 2.39. The molecule has 2 aromatic rings. The number of nitrogens with zero attached hydrogens (tertiary/aromatic N) is 2. The summed E-state index contributed by atoms with van der Waals surface area (Å²) < 4.78 is 6.52. The molecule has 0 saturated heterocycles. The highest BCUT2D eigenvalue weighted by atomic mass is 35.5. The Morgan fingerprint density at radius 2 is 2.35 bits per heavy atom. The zero-order chi connectivity index (χ0) is 14.3. The normalized spacial score (nSPS) is 16.4. The number of fused-ring (bicyclic) bond motifs is 1. The predicted molar refractivity (Wildman–Crippen MR) is 76.0 cm³/mol. The van der Waals surface area contributed by atoms with Gasteiger partial charge in [-0.15, -0.1) is 0 Å². The van der Waals surface area contributed by atoms with Crippen LogP contribution in [0.2, 0.25) is 5.15 Å². The summed E-state index contributed by atoms with van der Waals surface area (Å²) in [5.74, 6) is -0.406. The van der Waals surface area contributed by atoms with Crippen LogP contribution in [0.15, 0.2) is 18.5 Å². The number of halogens is 1. The first-order valence-corrected chi connectivity index (χ1v) is 6.89. The Kier molecular flexibility index (Phi) is 3.18. The molecule has 0 amide bonds. The van der Waals surface area contributed by atoms with Gasteiger partial charge in [0, 0.05) is 18.3 Å². The van der Waals surface area contributed by atoms with E-state index in [9.17, 15) is 4.79 Å². The summed E-state index contributed by atoms with van der Waals surface area (Å²) in [6.07, 6.45) is 5.80. The van der Waals surface area contributed by atoms with E-state index in [0.717, 1.165) is 5.56 Å². The van der Waals surface area contributed by atoms with Crippen LogP contribution in [0, 0.1) is 0 Å². The molecule has 0 bridgehead atoms. The van der Waals surface area contributed by atoms with Crippen molar-refractivity contribution in [3.05, 3.63) is 34.7 Å². The molecule has 106 valence electrons. The number of ether oxygens (including phenoxy) is 1. The molecule has 1 N–H and O–H groups in total. The zero-order valence-electron chi connectivity index (χ0n) is 11.4. The number of nitrogens with one attached hydrogen (secondary N) is 1. The van der Waals surface area contributed by atoms with Crippen LogP contribution in [-0.2, 0) is 11.3 Å². The van der Waals surface area contributed by atoms with Gasteiger partial charge in [-0.1, -0.05) is 11.6 Å². The molecule has 0 atom stereocenters. The molecule has 6 heteroatoms. The molecule has 5 nitrogen and oxygen atoms in total. The third-order valence-corrected chi connectivity index (χ3v) is 4.02. The van der Waals surface area contributed by atoms with Crippen LogP contribution in [0.1, 0.15) is 35.7 Å². The van der Waals surface area contributed by atoms with Crippen LogP contribution in [0.3, 0.4) is 0 Å². The van der Waals surface area contributed by atoms with Gasteiger partial charge in [-0.05, 0) is 31.4 Å². The molecule has 1 fully saturated rings. The smallest absolute Gasteiger partial charge is 0.341 e. The highest BCUT2D eigenvalue weighted by molar-refractivity contribution is 6.29. The monoisotopic (exact) mass is 293 g/mol. The summed E-state index contributed by atoms with van der Waals surface area (Å²) in [5.41, 5.74) is 2.16. The summed E-state index contributed by atoms with van der Waals surface area (Å²) in [7, 11) is 1.36. The summed E-state index contributed by atoms with van der Waals surface area (Å²) in [4.78, 5) is 16.0. The van der Waals surface area contributed by atoms with Crippen LogP contribution in [-0.4, -0.2) is 28.0 Å². The largest absolute Gasteiger partial charge is 0.465 e. The Hall–Kier alpha value is -1.59. The highest BCUT2D eigenvalue weighted by Gasteiger charge is 2.36. The van der Waals surface area contributed by atoms with Gasteiger partial charge in [0.05, 0.1) is 13.3 Å². The average molecular weight is 294 g/mol. The Labute approximate surface area is 121 Å². The standard InChI is InChI=1S/C14H16ClN3O2/c1-14(3-4-14)17-6-9-5-10(13(19)20-2)12-16-7-11(15)18(12)8-9/h5,7-8,17H,3-4,6H2,1-2H3. The van der Waals surface area contributed by atoms with Crippen LogP contribution in [0.4, 0.5) is 0 Å². The second-order valence-corrected chi connectivity index (χ2v) is 5.83. The van der Waals surface area contributed by atoms with Gasteiger partial charge < -0.3 is 10.1 Å². The second kappa shape index (κ2) is 4.75. The number of hydrogen-bond donors (Lipinski definition) is 1. The minimum absolute atomic E-state index is 0.235. The van der Waals surface area contributed by atoms with Crippen molar-refractivity contribution in [2.75, 3.05) is 7.11 Å². The number of esters is 1. The lowest BCUT2D eigenvalue weighted by atomic mass is 10.1. The maximum atomic E-state index is 11.9. The van der Waals surface area contributed by atoms with E-state index in [4.69, 9.17) is 16.3 Å². The van der Waals surface area contributed by atoms with E-state index in [1.807, 2.05) is 12.3 Å². The first kappa shape index (κ1) is 13.4. The van der Waals surface area contributed by atoms with Gasteiger partial charge in [-0.3, -0.25) is 4.40 Å². The zero-order valence-corrected chi connectivity index (χ0v) is 12.2. The molecular formula is C14H16ClN3O2. The molecule has 0 radical (unpaired) electrons. The Balaban J connectivity index is 1.99. The number of carbonyl (C=O) groups is 1. The van der Waals surface area contributed by atoms with Gasteiger partial charge in [0.2, 0.25) is 0 Å². The van der Waals surface area contributed by atoms with Gasteiger partial charge in [0.15, 0.2) is 5.65 Å². The number of hydrogen-bond acceptors (Lipinski definition) is 4. The van der Waals surface area contributed by atoms with Crippen LogP contribution < -0.4 is 5.32 Å². The number of aromatic nitrogens is 2. The molecule has 3 rings (SSSR count). The molecule has 2 aromatic heterocycles. The lowest BCUT2D eigenvalue weighted by molar-refractivity contribution is 0.0602. The molecule has 20 heavy (non-hydrogen) atoms. The van der Waals surface area contributed by atoms with E-state index >= 15 is 0 Å². The predicted octanol–water partition coefficient (Wildman–Crippen LogP) is 2.42. The number of methoxy groups -OCH3 is 1. The van der Waals surface area contributed by atoms with Crippen molar-refractivity contribution in [1.29, 1.82) is 0 Å². The highest BCUT2D eigenvalue weighted by Crippen LogP contribution is 2.34. The Morgan fingerprint density at radius 3 is 3.00 bits per heavy atom.